The summed E-state index contributed by atoms with van der Waals surface area (Å²) in [7, 11) is 0. The fraction of sp³-hybridized carbons (Fsp3) is 0.269. The van der Waals surface area contributed by atoms with Crippen molar-refractivity contribution in [2.24, 2.45) is 0 Å². The van der Waals surface area contributed by atoms with Crippen LogP contribution >= 0.6 is 0 Å². The second-order valence-corrected chi connectivity index (χ2v) is 8.47. The van der Waals surface area contributed by atoms with E-state index in [2.05, 4.69) is 15.1 Å². The maximum absolute atomic E-state index is 13.0. The fourth-order valence-electron chi connectivity index (χ4n) is 4.24. The molecular formula is C26H25N5O2. The van der Waals surface area contributed by atoms with Crippen molar-refractivity contribution >= 4 is 5.91 Å². The number of carbonyl (C=O) groups excluding carboxylic acids is 1. The lowest BCUT2D eigenvalue weighted by molar-refractivity contribution is 0.0712. The van der Waals surface area contributed by atoms with Crippen molar-refractivity contribution in [2.75, 3.05) is 13.1 Å². The van der Waals surface area contributed by atoms with Gasteiger partial charge in [0.2, 0.25) is 0 Å². The molecule has 0 radical (unpaired) electrons. The van der Waals surface area contributed by atoms with Crippen LogP contribution in [-0.4, -0.2) is 44.0 Å². The van der Waals surface area contributed by atoms with Crippen LogP contribution in [0.3, 0.4) is 0 Å². The average molecular weight is 440 g/mol. The molecule has 0 N–H and O–H groups in total. The van der Waals surface area contributed by atoms with E-state index in [0.29, 0.717) is 24.7 Å². The summed E-state index contributed by atoms with van der Waals surface area (Å²) in [6, 6.07) is 15.4. The van der Waals surface area contributed by atoms with E-state index in [0.717, 1.165) is 46.6 Å². The van der Waals surface area contributed by atoms with Crippen molar-refractivity contribution in [3.63, 3.8) is 0 Å². The zero-order valence-electron chi connectivity index (χ0n) is 18.7. The van der Waals surface area contributed by atoms with E-state index in [-0.39, 0.29) is 11.8 Å². The molecule has 0 saturated carbocycles. The Morgan fingerprint density at radius 1 is 1.03 bits per heavy atom. The lowest BCUT2D eigenvalue weighted by atomic mass is 9.89. The molecule has 0 unspecified atom stereocenters. The van der Waals surface area contributed by atoms with Crippen LogP contribution in [0.15, 0.2) is 65.4 Å². The number of hydrogen-bond acceptors (Lipinski definition) is 6. The minimum atomic E-state index is 0.0800. The molecule has 0 bridgehead atoms. The minimum absolute atomic E-state index is 0.0800. The van der Waals surface area contributed by atoms with E-state index < -0.39 is 0 Å². The standard InChI is InChI=1S/C26H25N5O2/c1-17-6-8-20(9-7-17)26(32)31-13-10-19(11-14-31)24-21(23-15-18(2)30-33-23)16-28-25(29-24)22-5-3-4-12-27-22/h3-9,12,15-16,19H,10-11,13-14H2,1-2H3. The van der Waals surface area contributed by atoms with Crippen molar-refractivity contribution in [1.82, 2.24) is 25.0 Å². The van der Waals surface area contributed by atoms with Crippen molar-refractivity contribution in [1.29, 1.82) is 0 Å². The quantitative estimate of drug-likeness (QED) is 0.453. The van der Waals surface area contributed by atoms with E-state index in [1.54, 1.807) is 12.4 Å². The highest BCUT2D eigenvalue weighted by atomic mass is 16.5. The van der Waals surface area contributed by atoms with Crippen molar-refractivity contribution < 1.29 is 9.32 Å². The Morgan fingerprint density at radius 2 is 1.82 bits per heavy atom. The molecular weight excluding hydrogens is 414 g/mol. The molecule has 7 heteroatoms. The largest absolute Gasteiger partial charge is 0.356 e. The number of piperidine rings is 1. The van der Waals surface area contributed by atoms with Gasteiger partial charge in [-0.25, -0.2) is 9.97 Å². The van der Waals surface area contributed by atoms with Crippen LogP contribution < -0.4 is 0 Å². The molecule has 3 aromatic heterocycles. The van der Waals surface area contributed by atoms with Crippen LogP contribution in [0.25, 0.3) is 22.8 Å². The van der Waals surface area contributed by atoms with Gasteiger partial charge in [-0.1, -0.05) is 28.9 Å². The summed E-state index contributed by atoms with van der Waals surface area (Å²) >= 11 is 0. The summed E-state index contributed by atoms with van der Waals surface area (Å²) in [5.74, 6) is 1.51. The van der Waals surface area contributed by atoms with Crippen molar-refractivity contribution in [3.05, 3.63) is 83.4 Å². The summed E-state index contributed by atoms with van der Waals surface area (Å²) in [4.78, 5) is 28.8. The van der Waals surface area contributed by atoms with Crippen molar-refractivity contribution in [3.8, 4) is 22.8 Å². The predicted octanol–water partition coefficient (Wildman–Crippen LogP) is 4.83. The summed E-state index contributed by atoms with van der Waals surface area (Å²) < 4.78 is 5.54. The molecule has 4 aromatic rings. The molecule has 4 heterocycles. The number of hydrogen-bond donors (Lipinski definition) is 0. The molecule has 33 heavy (non-hydrogen) atoms. The maximum Gasteiger partial charge on any atom is 0.253 e. The summed E-state index contributed by atoms with van der Waals surface area (Å²) in [6.07, 6.45) is 5.17. The second kappa shape index (κ2) is 8.94. The van der Waals surface area contributed by atoms with Gasteiger partial charge in [0.1, 0.15) is 5.69 Å². The van der Waals surface area contributed by atoms with Gasteiger partial charge in [-0.15, -0.1) is 0 Å². The molecule has 1 amide bonds. The first-order valence-electron chi connectivity index (χ1n) is 11.2. The average Bonchev–Trinajstić information content (AvgIpc) is 3.30. The Kier molecular flexibility index (Phi) is 5.69. The third kappa shape index (κ3) is 4.39. The number of likely N-dealkylation sites (tertiary alicyclic amines) is 1. The molecule has 0 aliphatic carbocycles. The lowest BCUT2D eigenvalue weighted by Gasteiger charge is -2.32. The molecule has 0 spiro atoms. The number of carbonyl (C=O) groups is 1. The Hall–Kier alpha value is -3.87. The van der Waals surface area contributed by atoms with Gasteiger partial charge in [0.25, 0.3) is 5.91 Å². The Balaban J connectivity index is 1.42. The molecule has 7 nitrogen and oxygen atoms in total. The summed E-state index contributed by atoms with van der Waals surface area (Å²) in [5.41, 5.74) is 5.18. The highest BCUT2D eigenvalue weighted by Gasteiger charge is 2.28. The molecule has 1 aromatic carbocycles. The molecule has 166 valence electrons. The van der Waals surface area contributed by atoms with Gasteiger partial charge in [-0.2, -0.15) is 0 Å². The van der Waals surface area contributed by atoms with Gasteiger partial charge < -0.3 is 9.42 Å². The summed E-state index contributed by atoms with van der Waals surface area (Å²) in [6.45, 7) is 5.27. The van der Waals surface area contributed by atoms with E-state index in [1.165, 1.54) is 0 Å². The van der Waals surface area contributed by atoms with E-state index >= 15 is 0 Å². The van der Waals surface area contributed by atoms with Crippen LogP contribution in [0.1, 0.15) is 46.1 Å². The van der Waals surface area contributed by atoms with Crippen LogP contribution in [0.4, 0.5) is 0 Å². The van der Waals surface area contributed by atoms with Gasteiger partial charge >= 0.3 is 0 Å². The van der Waals surface area contributed by atoms with Crippen LogP contribution in [-0.2, 0) is 0 Å². The van der Waals surface area contributed by atoms with Gasteiger partial charge in [0.15, 0.2) is 11.6 Å². The monoisotopic (exact) mass is 439 g/mol. The molecule has 1 saturated heterocycles. The number of rotatable bonds is 4. The number of pyridine rings is 1. The number of nitrogens with zero attached hydrogens (tertiary/aromatic N) is 5. The zero-order chi connectivity index (χ0) is 22.8. The third-order valence-corrected chi connectivity index (χ3v) is 6.07. The smallest absolute Gasteiger partial charge is 0.253 e. The minimum Gasteiger partial charge on any atom is -0.356 e. The molecule has 1 aliphatic rings. The first kappa shape index (κ1) is 21.0. The molecule has 0 atom stereocenters. The Labute approximate surface area is 192 Å². The normalized spacial score (nSPS) is 14.4. The van der Waals surface area contributed by atoms with Gasteiger partial charge in [0, 0.05) is 43.0 Å². The number of aryl methyl sites for hydroxylation is 2. The van der Waals surface area contributed by atoms with Crippen LogP contribution in [0, 0.1) is 13.8 Å². The van der Waals surface area contributed by atoms with Crippen LogP contribution in [0.5, 0.6) is 0 Å². The Morgan fingerprint density at radius 3 is 2.48 bits per heavy atom. The zero-order valence-corrected chi connectivity index (χ0v) is 18.7. The first-order chi connectivity index (χ1) is 16.1. The first-order valence-corrected chi connectivity index (χ1v) is 11.2. The van der Waals surface area contributed by atoms with Crippen LogP contribution in [0.2, 0.25) is 0 Å². The van der Waals surface area contributed by atoms with E-state index in [4.69, 9.17) is 9.51 Å². The highest BCUT2D eigenvalue weighted by molar-refractivity contribution is 5.94. The van der Waals surface area contributed by atoms with E-state index in [9.17, 15) is 4.79 Å². The number of benzene rings is 1. The third-order valence-electron chi connectivity index (χ3n) is 6.07. The van der Waals surface area contributed by atoms with Gasteiger partial charge in [-0.05, 0) is 51.0 Å². The van der Waals surface area contributed by atoms with E-state index in [1.807, 2.05) is 67.3 Å². The number of aromatic nitrogens is 4. The summed E-state index contributed by atoms with van der Waals surface area (Å²) in [5, 5.41) is 4.04. The van der Waals surface area contributed by atoms with Gasteiger partial charge in [-0.3, -0.25) is 9.78 Å². The SMILES string of the molecule is Cc1ccc(C(=O)N2CCC(c3nc(-c4ccccn4)ncc3-c3cc(C)no3)CC2)cc1. The lowest BCUT2D eigenvalue weighted by Crippen LogP contribution is -2.38. The second-order valence-electron chi connectivity index (χ2n) is 8.47. The number of amides is 1. The molecule has 1 aliphatic heterocycles. The molecule has 1 fully saturated rings. The fourth-order valence-corrected chi connectivity index (χ4v) is 4.24. The Bertz CT molecular complexity index is 1260. The van der Waals surface area contributed by atoms with Crippen molar-refractivity contribution in [2.45, 2.75) is 32.6 Å². The predicted molar refractivity (Wildman–Crippen MR) is 125 cm³/mol. The molecule has 5 rings (SSSR count). The maximum atomic E-state index is 13.0. The highest BCUT2D eigenvalue weighted by Crippen LogP contribution is 2.35. The van der Waals surface area contributed by atoms with Gasteiger partial charge in [0.05, 0.1) is 17.0 Å². The topological polar surface area (TPSA) is 85.0 Å².